The van der Waals surface area contributed by atoms with E-state index in [0.29, 0.717) is 18.0 Å². The summed E-state index contributed by atoms with van der Waals surface area (Å²) in [6.45, 7) is 6.68. The van der Waals surface area contributed by atoms with Gasteiger partial charge < -0.3 is 4.74 Å². The van der Waals surface area contributed by atoms with Crippen LogP contribution in [0.3, 0.4) is 0 Å². The molecule has 29 heavy (non-hydrogen) atoms. The van der Waals surface area contributed by atoms with Crippen LogP contribution >= 0.6 is 0 Å². The predicted molar refractivity (Wildman–Crippen MR) is 119 cm³/mol. The maximum Gasteiger partial charge on any atom is 0.311 e. The van der Waals surface area contributed by atoms with E-state index in [2.05, 4.69) is 55.0 Å². The highest BCUT2D eigenvalue weighted by Gasteiger charge is 2.08. The number of carbonyl (C=O) groups is 1. The summed E-state index contributed by atoms with van der Waals surface area (Å²) in [5, 5.41) is 0. The van der Waals surface area contributed by atoms with Gasteiger partial charge in [-0.05, 0) is 30.7 Å². The Hall–Kier alpha value is -2.23. The van der Waals surface area contributed by atoms with Gasteiger partial charge in [0.25, 0.3) is 0 Å². The standard InChI is InChI=1S/C25H36N2O2/c1-4-6-7-8-12-21-14-16-22(17-15-21)25-26-18-23(19-27-25)29-24(28)13-10-9-11-20(3)5-2/h14-20H,4-13H2,1-3H3. The van der Waals surface area contributed by atoms with Gasteiger partial charge in [-0.25, -0.2) is 9.97 Å². The summed E-state index contributed by atoms with van der Waals surface area (Å²) in [7, 11) is 0. The quantitative estimate of drug-likeness (QED) is 0.277. The number of hydrogen-bond acceptors (Lipinski definition) is 4. The smallest absolute Gasteiger partial charge is 0.311 e. The lowest BCUT2D eigenvalue weighted by atomic mass is 10.0. The number of hydrogen-bond donors (Lipinski definition) is 0. The van der Waals surface area contributed by atoms with E-state index >= 15 is 0 Å². The van der Waals surface area contributed by atoms with Crippen molar-refractivity contribution < 1.29 is 9.53 Å². The third-order valence-corrected chi connectivity index (χ3v) is 5.42. The Kier molecular flexibility index (Phi) is 10.4. The molecule has 1 heterocycles. The first-order chi connectivity index (χ1) is 14.1. The lowest BCUT2D eigenvalue weighted by molar-refractivity contribution is -0.134. The SMILES string of the molecule is CCCCCCc1ccc(-c2ncc(OC(=O)CCCCC(C)CC)cn2)cc1. The molecule has 0 aliphatic carbocycles. The van der Waals surface area contributed by atoms with Gasteiger partial charge in [-0.2, -0.15) is 0 Å². The summed E-state index contributed by atoms with van der Waals surface area (Å²) in [6, 6.07) is 8.43. The maximum atomic E-state index is 12.0. The van der Waals surface area contributed by atoms with Gasteiger partial charge in [-0.1, -0.05) is 83.6 Å². The fourth-order valence-corrected chi connectivity index (χ4v) is 3.24. The minimum atomic E-state index is -0.210. The monoisotopic (exact) mass is 396 g/mol. The topological polar surface area (TPSA) is 52.1 Å². The first kappa shape index (κ1) is 23.1. The largest absolute Gasteiger partial charge is 0.423 e. The summed E-state index contributed by atoms with van der Waals surface area (Å²) in [6.07, 6.45) is 14.1. The second-order valence-corrected chi connectivity index (χ2v) is 7.98. The average Bonchev–Trinajstić information content (AvgIpc) is 2.75. The number of ether oxygens (including phenoxy) is 1. The lowest BCUT2D eigenvalue weighted by Crippen LogP contribution is -2.08. The molecule has 0 radical (unpaired) electrons. The number of esters is 1. The number of unbranched alkanes of at least 4 members (excludes halogenated alkanes) is 4. The molecule has 4 heteroatoms. The molecule has 158 valence electrons. The van der Waals surface area contributed by atoms with E-state index in [-0.39, 0.29) is 5.97 Å². The van der Waals surface area contributed by atoms with E-state index < -0.39 is 0 Å². The van der Waals surface area contributed by atoms with Crippen LogP contribution in [0.4, 0.5) is 0 Å². The molecule has 0 spiro atoms. The molecule has 1 aromatic heterocycles. The first-order valence-electron chi connectivity index (χ1n) is 11.2. The number of nitrogens with zero attached hydrogens (tertiary/aromatic N) is 2. The predicted octanol–water partition coefficient (Wildman–Crippen LogP) is 6.78. The van der Waals surface area contributed by atoms with Crippen molar-refractivity contribution in [3.63, 3.8) is 0 Å². The third kappa shape index (κ3) is 8.76. The number of aromatic nitrogens is 2. The molecule has 0 saturated carbocycles. The molecule has 0 N–H and O–H groups in total. The minimum Gasteiger partial charge on any atom is -0.423 e. The normalized spacial score (nSPS) is 12.0. The molecule has 0 aliphatic heterocycles. The Labute approximate surface area is 176 Å². The number of aryl methyl sites for hydroxylation is 1. The molecule has 2 rings (SSSR count). The fraction of sp³-hybridized carbons (Fsp3) is 0.560. The number of benzene rings is 1. The molecular weight excluding hydrogens is 360 g/mol. The van der Waals surface area contributed by atoms with Gasteiger partial charge in [-0.3, -0.25) is 4.79 Å². The highest BCUT2D eigenvalue weighted by Crippen LogP contribution is 2.19. The Morgan fingerprint density at radius 3 is 2.34 bits per heavy atom. The van der Waals surface area contributed by atoms with E-state index in [1.807, 2.05) is 0 Å². The maximum absolute atomic E-state index is 12.0. The zero-order chi connectivity index (χ0) is 20.9. The second kappa shape index (κ2) is 13.1. The molecule has 1 aromatic carbocycles. The van der Waals surface area contributed by atoms with Gasteiger partial charge >= 0.3 is 5.97 Å². The van der Waals surface area contributed by atoms with Crippen molar-refractivity contribution in [1.82, 2.24) is 9.97 Å². The van der Waals surface area contributed by atoms with Crippen LogP contribution in [0.1, 0.15) is 84.1 Å². The first-order valence-corrected chi connectivity index (χ1v) is 11.2. The van der Waals surface area contributed by atoms with Crippen LogP contribution in [-0.2, 0) is 11.2 Å². The molecular formula is C25H36N2O2. The highest BCUT2D eigenvalue weighted by molar-refractivity contribution is 5.72. The van der Waals surface area contributed by atoms with Gasteiger partial charge in [0.2, 0.25) is 0 Å². The van der Waals surface area contributed by atoms with Crippen LogP contribution in [0.15, 0.2) is 36.7 Å². The summed E-state index contributed by atoms with van der Waals surface area (Å²) in [4.78, 5) is 20.7. The highest BCUT2D eigenvalue weighted by atomic mass is 16.5. The Balaban J connectivity index is 1.78. The van der Waals surface area contributed by atoms with Gasteiger partial charge in [0.1, 0.15) is 0 Å². The molecule has 0 saturated heterocycles. The van der Waals surface area contributed by atoms with Crippen LogP contribution in [0, 0.1) is 5.92 Å². The number of carbonyl (C=O) groups excluding carboxylic acids is 1. The zero-order valence-electron chi connectivity index (χ0n) is 18.3. The summed E-state index contributed by atoms with van der Waals surface area (Å²) in [5.74, 6) is 1.57. The Morgan fingerprint density at radius 2 is 1.69 bits per heavy atom. The number of rotatable bonds is 13. The molecule has 0 aliphatic rings. The summed E-state index contributed by atoms with van der Waals surface area (Å²) >= 11 is 0. The van der Waals surface area contributed by atoms with Crippen LogP contribution < -0.4 is 4.74 Å². The Bertz CT molecular complexity index is 711. The van der Waals surface area contributed by atoms with Gasteiger partial charge in [0.15, 0.2) is 11.6 Å². The van der Waals surface area contributed by atoms with Crippen molar-refractivity contribution in [2.24, 2.45) is 5.92 Å². The van der Waals surface area contributed by atoms with E-state index in [9.17, 15) is 4.79 Å². The Morgan fingerprint density at radius 1 is 0.966 bits per heavy atom. The molecule has 0 bridgehead atoms. The second-order valence-electron chi connectivity index (χ2n) is 7.98. The van der Waals surface area contributed by atoms with Crippen molar-refractivity contribution >= 4 is 5.97 Å². The fourth-order valence-electron chi connectivity index (χ4n) is 3.24. The van der Waals surface area contributed by atoms with Crippen molar-refractivity contribution in [3.05, 3.63) is 42.2 Å². The van der Waals surface area contributed by atoms with E-state index in [0.717, 1.165) is 30.7 Å². The average molecular weight is 397 g/mol. The van der Waals surface area contributed by atoms with Gasteiger partial charge in [-0.15, -0.1) is 0 Å². The van der Waals surface area contributed by atoms with Crippen LogP contribution in [0.5, 0.6) is 5.75 Å². The van der Waals surface area contributed by atoms with Crippen molar-refractivity contribution in [3.8, 4) is 17.1 Å². The molecule has 1 atom stereocenters. The van der Waals surface area contributed by atoms with Crippen molar-refractivity contribution in [2.45, 2.75) is 85.0 Å². The van der Waals surface area contributed by atoms with Gasteiger partial charge in [0.05, 0.1) is 12.4 Å². The third-order valence-electron chi connectivity index (χ3n) is 5.42. The zero-order valence-corrected chi connectivity index (χ0v) is 18.3. The summed E-state index contributed by atoms with van der Waals surface area (Å²) in [5.41, 5.74) is 2.33. The minimum absolute atomic E-state index is 0.210. The van der Waals surface area contributed by atoms with Crippen LogP contribution in [-0.4, -0.2) is 15.9 Å². The molecule has 0 amide bonds. The van der Waals surface area contributed by atoms with Crippen LogP contribution in [0.2, 0.25) is 0 Å². The van der Waals surface area contributed by atoms with Gasteiger partial charge in [0, 0.05) is 12.0 Å². The lowest BCUT2D eigenvalue weighted by Gasteiger charge is -2.08. The molecule has 2 aromatic rings. The molecule has 0 fully saturated rings. The van der Waals surface area contributed by atoms with E-state index in [4.69, 9.17) is 4.74 Å². The van der Waals surface area contributed by atoms with E-state index in [1.165, 1.54) is 44.1 Å². The van der Waals surface area contributed by atoms with E-state index in [1.54, 1.807) is 12.4 Å². The summed E-state index contributed by atoms with van der Waals surface area (Å²) < 4.78 is 5.36. The molecule has 1 unspecified atom stereocenters. The van der Waals surface area contributed by atoms with Crippen LogP contribution in [0.25, 0.3) is 11.4 Å². The van der Waals surface area contributed by atoms with Crippen molar-refractivity contribution in [2.75, 3.05) is 0 Å². The van der Waals surface area contributed by atoms with Crippen molar-refractivity contribution in [1.29, 1.82) is 0 Å². The molecule has 4 nitrogen and oxygen atoms in total.